The summed E-state index contributed by atoms with van der Waals surface area (Å²) in [5.74, 6) is 0.783. The summed E-state index contributed by atoms with van der Waals surface area (Å²) >= 11 is 1.65. The van der Waals surface area contributed by atoms with Crippen LogP contribution in [0, 0.1) is 0 Å². The third-order valence-corrected chi connectivity index (χ3v) is 6.83. The quantitative estimate of drug-likeness (QED) is 0.381. The molecular weight excluding hydrogens is 420 g/mol. The summed E-state index contributed by atoms with van der Waals surface area (Å²) in [6, 6.07) is 12.7. The van der Waals surface area contributed by atoms with Gasteiger partial charge in [-0.25, -0.2) is 9.97 Å². The van der Waals surface area contributed by atoms with Crippen molar-refractivity contribution in [1.29, 1.82) is 0 Å². The fourth-order valence-corrected chi connectivity index (χ4v) is 4.76. The fraction of sp³-hybridized carbons (Fsp3) is 0.261. The van der Waals surface area contributed by atoms with Crippen LogP contribution in [0.15, 0.2) is 48.0 Å². The summed E-state index contributed by atoms with van der Waals surface area (Å²) < 4.78 is 0. The van der Waals surface area contributed by atoms with Crippen molar-refractivity contribution in [3.63, 3.8) is 0 Å². The third-order valence-electron chi connectivity index (χ3n) is 6.05. The lowest BCUT2D eigenvalue weighted by atomic mass is 10.2. The van der Waals surface area contributed by atoms with Crippen LogP contribution in [-0.4, -0.2) is 63.3 Å². The minimum atomic E-state index is 0.712. The maximum atomic E-state index is 4.81. The van der Waals surface area contributed by atoms with Gasteiger partial charge in [0.2, 0.25) is 0 Å². The second-order valence-electron chi connectivity index (χ2n) is 8.19. The minimum Gasteiger partial charge on any atom is -0.378 e. The van der Waals surface area contributed by atoms with Gasteiger partial charge in [0.15, 0.2) is 5.82 Å². The van der Waals surface area contributed by atoms with Crippen molar-refractivity contribution < 1.29 is 0 Å². The van der Waals surface area contributed by atoms with Gasteiger partial charge >= 0.3 is 0 Å². The number of rotatable bonds is 5. The molecule has 4 heterocycles. The Morgan fingerprint density at radius 2 is 1.97 bits per heavy atom. The Hall–Kier alpha value is -3.43. The Labute approximate surface area is 189 Å². The van der Waals surface area contributed by atoms with E-state index in [9.17, 15) is 0 Å². The summed E-state index contributed by atoms with van der Waals surface area (Å²) in [5, 5.41) is 15.2. The number of piperazine rings is 1. The lowest BCUT2D eigenvalue weighted by Gasteiger charge is -2.34. The third kappa shape index (κ3) is 3.59. The Kier molecular flexibility index (Phi) is 4.77. The number of thiazole rings is 1. The standard InChI is InChI=1S/C23H24N8S/c1-30-7-9-31(10-8-30)16-3-5-18-20(13-16)27-23(26-18)22-17-4-2-15(12-19(17)28-29-22)25-14-21-24-6-11-32-21/h2-6,11-13,25H,7-10,14H2,1H3,(H,26,27)(H,28,29). The molecule has 32 heavy (non-hydrogen) atoms. The average Bonchev–Trinajstić information content (AvgIpc) is 3.56. The number of aromatic nitrogens is 5. The number of aromatic amines is 2. The lowest BCUT2D eigenvalue weighted by molar-refractivity contribution is 0.313. The Morgan fingerprint density at radius 1 is 1.06 bits per heavy atom. The first-order chi connectivity index (χ1) is 15.7. The van der Waals surface area contributed by atoms with Crippen molar-refractivity contribution in [2.75, 3.05) is 43.4 Å². The second kappa shape index (κ2) is 7.92. The monoisotopic (exact) mass is 444 g/mol. The molecule has 3 aromatic heterocycles. The van der Waals surface area contributed by atoms with Gasteiger partial charge in [0, 0.05) is 54.5 Å². The van der Waals surface area contributed by atoms with Crippen LogP contribution in [0.5, 0.6) is 0 Å². The molecule has 162 valence electrons. The van der Waals surface area contributed by atoms with Crippen LogP contribution in [0.4, 0.5) is 11.4 Å². The fourth-order valence-electron chi connectivity index (χ4n) is 4.20. The molecular formula is C23H24N8S. The van der Waals surface area contributed by atoms with Crippen molar-refractivity contribution >= 4 is 44.6 Å². The summed E-state index contributed by atoms with van der Waals surface area (Å²) in [6.45, 7) is 4.99. The highest BCUT2D eigenvalue weighted by atomic mass is 32.1. The topological polar surface area (TPSA) is 88.8 Å². The van der Waals surface area contributed by atoms with Crippen LogP contribution in [0.2, 0.25) is 0 Å². The van der Waals surface area contributed by atoms with E-state index in [1.165, 1.54) is 5.69 Å². The molecule has 5 aromatic rings. The first-order valence-corrected chi connectivity index (χ1v) is 11.6. The molecule has 0 radical (unpaired) electrons. The lowest BCUT2D eigenvalue weighted by Crippen LogP contribution is -2.44. The van der Waals surface area contributed by atoms with Crippen LogP contribution in [0.3, 0.4) is 0 Å². The molecule has 1 aliphatic rings. The zero-order valence-corrected chi connectivity index (χ0v) is 18.6. The smallest absolute Gasteiger partial charge is 0.159 e. The van der Waals surface area contributed by atoms with Crippen LogP contribution >= 0.6 is 11.3 Å². The maximum absolute atomic E-state index is 4.81. The number of nitrogens with one attached hydrogen (secondary N) is 3. The molecule has 0 atom stereocenters. The summed E-state index contributed by atoms with van der Waals surface area (Å²) in [7, 11) is 2.18. The highest BCUT2D eigenvalue weighted by molar-refractivity contribution is 7.09. The first kappa shape index (κ1) is 19.3. The number of hydrogen-bond acceptors (Lipinski definition) is 7. The Balaban J connectivity index is 1.26. The van der Waals surface area contributed by atoms with Crippen LogP contribution in [-0.2, 0) is 6.54 Å². The van der Waals surface area contributed by atoms with Gasteiger partial charge in [-0.05, 0) is 43.4 Å². The SMILES string of the molecule is CN1CCN(c2ccc3nc(-c4n[nH]c5cc(NCc6nccs6)ccc45)[nH]c3c2)CC1. The predicted molar refractivity (Wildman–Crippen MR) is 130 cm³/mol. The number of imidazole rings is 1. The van der Waals surface area contributed by atoms with Crippen LogP contribution < -0.4 is 10.2 Å². The maximum Gasteiger partial charge on any atom is 0.159 e. The van der Waals surface area contributed by atoms with Crippen molar-refractivity contribution in [2.45, 2.75) is 6.54 Å². The van der Waals surface area contributed by atoms with Gasteiger partial charge < -0.3 is 20.1 Å². The zero-order valence-electron chi connectivity index (χ0n) is 17.8. The van der Waals surface area contributed by atoms with Crippen LogP contribution in [0.1, 0.15) is 5.01 Å². The molecule has 1 fully saturated rings. The van der Waals surface area contributed by atoms with Gasteiger partial charge in [-0.3, -0.25) is 5.10 Å². The number of benzene rings is 2. The van der Waals surface area contributed by atoms with Gasteiger partial charge in [0.05, 0.1) is 23.1 Å². The van der Waals surface area contributed by atoms with E-state index in [1.807, 2.05) is 11.6 Å². The van der Waals surface area contributed by atoms with E-state index in [0.29, 0.717) is 6.54 Å². The van der Waals surface area contributed by atoms with E-state index in [4.69, 9.17) is 4.98 Å². The Bertz CT molecular complexity index is 1360. The van der Waals surface area contributed by atoms with E-state index >= 15 is 0 Å². The van der Waals surface area contributed by atoms with Gasteiger partial charge in [-0.2, -0.15) is 5.10 Å². The second-order valence-corrected chi connectivity index (χ2v) is 9.17. The summed E-state index contributed by atoms with van der Waals surface area (Å²) in [6.07, 6.45) is 1.83. The molecule has 1 saturated heterocycles. The van der Waals surface area contributed by atoms with Crippen molar-refractivity contribution in [2.24, 2.45) is 0 Å². The van der Waals surface area contributed by atoms with Crippen molar-refractivity contribution in [1.82, 2.24) is 30.0 Å². The number of anilines is 2. The number of H-pyrrole nitrogens is 2. The normalized spacial score (nSPS) is 15.1. The predicted octanol–water partition coefficient (Wildman–Crippen LogP) is 3.93. The molecule has 0 saturated carbocycles. The molecule has 2 aromatic carbocycles. The number of fused-ring (bicyclic) bond motifs is 2. The van der Waals surface area contributed by atoms with Crippen molar-refractivity contribution in [3.8, 4) is 11.5 Å². The summed E-state index contributed by atoms with van der Waals surface area (Å²) in [5.41, 5.74) is 6.07. The molecule has 0 spiro atoms. The van der Waals surface area contributed by atoms with E-state index in [1.54, 1.807) is 11.3 Å². The molecule has 1 aliphatic heterocycles. The molecule has 0 bridgehead atoms. The van der Waals surface area contributed by atoms with E-state index < -0.39 is 0 Å². The van der Waals surface area contributed by atoms with E-state index in [0.717, 1.165) is 70.3 Å². The minimum absolute atomic E-state index is 0.712. The number of nitrogens with zero attached hydrogens (tertiary/aromatic N) is 5. The van der Waals surface area contributed by atoms with E-state index in [2.05, 4.69) is 78.7 Å². The van der Waals surface area contributed by atoms with Gasteiger partial charge in [0.25, 0.3) is 0 Å². The highest BCUT2D eigenvalue weighted by Crippen LogP contribution is 2.29. The number of hydrogen-bond donors (Lipinski definition) is 3. The molecule has 0 amide bonds. The van der Waals surface area contributed by atoms with Crippen molar-refractivity contribution in [3.05, 3.63) is 53.0 Å². The molecule has 8 nitrogen and oxygen atoms in total. The van der Waals surface area contributed by atoms with E-state index in [-0.39, 0.29) is 0 Å². The highest BCUT2D eigenvalue weighted by Gasteiger charge is 2.17. The Morgan fingerprint density at radius 3 is 2.81 bits per heavy atom. The molecule has 0 unspecified atom stereocenters. The average molecular weight is 445 g/mol. The van der Waals surface area contributed by atoms with Gasteiger partial charge in [-0.15, -0.1) is 11.3 Å². The van der Waals surface area contributed by atoms with Gasteiger partial charge in [-0.1, -0.05) is 0 Å². The molecule has 6 rings (SSSR count). The zero-order chi connectivity index (χ0) is 21.5. The first-order valence-electron chi connectivity index (χ1n) is 10.8. The number of likely N-dealkylation sites (N-methyl/N-ethyl adjacent to an activating group) is 1. The van der Waals surface area contributed by atoms with Gasteiger partial charge in [0.1, 0.15) is 10.7 Å². The molecule has 9 heteroatoms. The molecule has 0 aliphatic carbocycles. The largest absolute Gasteiger partial charge is 0.378 e. The molecule has 3 N–H and O–H groups in total. The summed E-state index contributed by atoms with van der Waals surface area (Å²) in [4.78, 5) is 17.4. The van der Waals surface area contributed by atoms with Crippen LogP contribution in [0.25, 0.3) is 33.5 Å².